The van der Waals surface area contributed by atoms with Crippen LogP contribution in [0.2, 0.25) is 0 Å². The summed E-state index contributed by atoms with van der Waals surface area (Å²) in [6, 6.07) is 0. The van der Waals surface area contributed by atoms with E-state index in [1.165, 1.54) is 5.57 Å². The summed E-state index contributed by atoms with van der Waals surface area (Å²) in [6.45, 7) is 3.30. The molecular formula is C20H32O5. The quantitative estimate of drug-likeness (QED) is 0.453. The van der Waals surface area contributed by atoms with Crippen molar-refractivity contribution in [3.05, 3.63) is 11.6 Å². The number of carbonyl (C=O) groups is 1. The highest BCUT2D eigenvalue weighted by Gasteiger charge is 2.58. The third-order valence-electron chi connectivity index (χ3n) is 7.93. The minimum absolute atomic E-state index is 0.0273. The summed E-state index contributed by atoms with van der Waals surface area (Å²) in [4.78, 5) is 11.8. The molecule has 6 unspecified atom stereocenters. The molecule has 3 rings (SSSR count). The Balaban J connectivity index is 1.90. The molecular weight excluding hydrogens is 320 g/mol. The molecule has 0 bridgehead atoms. The lowest BCUT2D eigenvalue weighted by Gasteiger charge is -2.59. The standard InChI is InChI=1S/C20H32O5/c1-18-8-7-17(24)19(2,10-21)16(18)6-3-13-9-14(4-5-15(13)18)20(25,11-22)12-23/h3,10,14-17,22-25H,4-9,11-12H2,1-2H3. The number of carbonyl (C=O) groups excluding carboxylic acids is 1. The fourth-order valence-electron chi connectivity index (χ4n) is 6.07. The van der Waals surface area contributed by atoms with Crippen molar-refractivity contribution in [2.24, 2.45) is 28.6 Å². The van der Waals surface area contributed by atoms with Crippen molar-refractivity contribution in [3.8, 4) is 0 Å². The molecule has 0 saturated heterocycles. The Bertz CT molecular complexity index is 554. The zero-order chi connectivity index (χ0) is 18.5. The molecule has 0 radical (unpaired) electrons. The van der Waals surface area contributed by atoms with E-state index in [1.54, 1.807) is 0 Å². The molecule has 25 heavy (non-hydrogen) atoms. The van der Waals surface area contributed by atoms with Gasteiger partial charge in [0.05, 0.1) is 24.7 Å². The highest BCUT2D eigenvalue weighted by Crippen LogP contribution is 2.62. The molecule has 0 aromatic rings. The second-order valence-electron chi connectivity index (χ2n) is 9.06. The van der Waals surface area contributed by atoms with Gasteiger partial charge in [-0.15, -0.1) is 0 Å². The van der Waals surface area contributed by atoms with Crippen molar-refractivity contribution >= 4 is 6.29 Å². The minimum Gasteiger partial charge on any atom is -0.393 e. The predicted octanol–water partition coefficient (Wildman–Crippen LogP) is 1.43. The van der Waals surface area contributed by atoms with E-state index in [-0.39, 0.29) is 17.3 Å². The first-order valence-corrected chi connectivity index (χ1v) is 9.52. The Morgan fingerprint density at radius 2 is 1.92 bits per heavy atom. The number of fused-ring (bicyclic) bond motifs is 3. The van der Waals surface area contributed by atoms with Gasteiger partial charge in [0.25, 0.3) is 0 Å². The molecule has 0 aromatic carbocycles. The Labute approximate surface area is 149 Å². The molecule has 0 heterocycles. The van der Waals surface area contributed by atoms with Crippen LogP contribution < -0.4 is 0 Å². The summed E-state index contributed by atoms with van der Waals surface area (Å²) < 4.78 is 0. The molecule has 0 spiro atoms. The van der Waals surface area contributed by atoms with E-state index in [2.05, 4.69) is 13.0 Å². The van der Waals surface area contributed by atoms with Gasteiger partial charge in [-0.3, -0.25) is 0 Å². The molecule has 3 aliphatic carbocycles. The van der Waals surface area contributed by atoms with E-state index in [1.807, 2.05) is 6.92 Å². The smallest absolute Gasteiger partial charge is 0.128 e. The van der Waals surface area contributed by atoms with Crippen LogP contribution in [0.15, 0.2) is 11.6 Å². The molecule has 5 heteroatoms. The Morgan fingerprint density at radius 3 is 2.52 bits per heavy atom. The van der Waals surface area contributed by atoms with Crippen LogP contribution in [-0.2, 0) is 4.79 Å². The van der Waals surface area contributed by atoms with Gasteiger partial charge in [-0.1, -0.05) is 25.5 Å². The number of hydrogen-bond acceptors (Lipinski definition) is 5. The number of aliphatic hydroxyl groups is 4. The van der Waals surface area contributed by atoms with E-state index in [0.29, 0.717) is 18.8 Å². The maximum Gasteiger partial charge on any atom is 0.128 e. The Morgan fingerprint density at radius 1 is 1.24 bits per heavy atom. The molecule has 6 atom stereocenters. The first-order valence-electron chi connectivity index (χ1n) is 9.52. The van der Waals surface area contributed by atoms with Crippen molar-refractivity contribution < 1.29 is 25.2 Å². The Hall–Kier alpha value is -0.750. The SMILES string of the molecule is CC1(C=O)C(O)CCC2(C)C3CCC(C(O)(CO)CO)CC3=CCC12. The number of aldehydes is 1. The van der Waals surface area contributed by atoms with Gasteiger partial charge < -0.3 is 25.2 Å². The van der Waals surface area contributed by atoms with Crippen LogP contribution in [0.3, 0.4) is 0 Å². The molecule has 3 aliphatic rings. The van der Waals surface area contributed by atoms with Gasteiger partial charge >= 0.3 is 0 Å². The van der Waals surface area contributed by atoms with E-state index >= 15 is 0 Å². The van der Waals surface area contributed by atoms with E-state index < -0.39 is 30.3 Å². The zero-order valence-electron chi connectivity index (χ0n) is 15.3. The van der Waals surface area contributed by atoms with Crippen LogP contribution in [0.4, 0.5) is 0 Å². The third-order valence-corrected chi connectivity index (χ3v) is 7.93. The van der Waals surface area contributed by atoms with Crippen LogP contribution >= 0.6 is 0 Å². The van der Waals surface area contributed by atoms with Gasteiger partial charge in [0.1, 0.15) is 11.9 Å². The lowest BCUT2D eigenvalue weighted by atomic mass is 9.45. The molecule has 142 valence electrons. The first kappa shape index (κ1) is 19.0. The van der Waals surface area contributed by atoms with Crippen molar-refractivity contribution in [3.63, 3.8) is 0 Å². The topological polar surface area (TPSA) is 98.0 Å². The minimum atomic E-state index is -1.43. The molecule has 0 aromatic heterocycles. The molecule has 0 amide bonds. The third kappa shape index (κ3) is 2.71. The van der Waals surface area contributed by atoms with Crippen LogP contribution in [0, 0.1) is 28.6 Å². The summed E-state index contributed by atoms with van der Waals surface area (Å²) in [5.74, 6) is 0.328. The van der Waals surface area contributed by atoms with E-state index in [0.717, 1.165) is 32.0 Å². The van der Waals surface area contributed by atoms with Crippen molar-refractivity contribution in [2.75, 3.05) is 13.2 Å². The Kier molecular flexibility index (Phi) is 4.91. The largest absolute Gasteiger partial charge is 0.393 e. The molecule has 4 N–H and O–H groups in total. The lowest BCUT2D eigenvalue weighted by molar-refractivity contribution is -0.152. The number of allylic oxidation sites excluding steroid dienone is 2. The molecule has 5 nitrogen and oxygen atoms in total. The van der Waals surface area contributed by atoms with Gasteiger partial charge in [0.2, 0.25) is 0 Å². The van der Waals surface area contributed by atoms with Crippen LogP contribution in [0.5, 0.6) is 0 Å². The van der Waals surface area contributed by atoms with Crippen LogP contribution in [0.1, 0.15) is 52.4 Å². The summed E-state index contributed by atoms with van der Waals surface area (Å²) >= 11 is 0. The first-order chi connectivity index (χ1) is 11.7. The highest BCUT2D eigenvalue weighted by atomic mass is 16.4. The number of aliphatic hydroxyl groups excluding tert-OH is 3. The second-order valence-corrected chi connectivity index (χ2v) is 9.06. The molecule has 2 saturated carbocycles. The number of hydrogen-bond donors (Lipinski definition) is 4. The van der Waals surface area contributed by atoms with E-state index in [9.17, 15) is 25.2 Å². The highest BCUT2D eigenvalue weighted by molar-refractivity contribution is 5.61. The predicted molar refractivity (Wildman–Crippen MR) is 93.7 cm³/mol. The van der Waals surface area contributed by atoms with Gasteiger partial charge in [-0.05, 0) is 61.7 Å². The lowest BCUT2D eigenvalue weighted by Crippen LogP contribution is -2.57. The summed E-state index contributed by atoms with van der Waals surface area (Å²) in [5, 5.41) is 39.9. The van der Waals surface area contributed by atoms with Crippen LogP contribution in [0.25, 0.3) is 0 Å². The fraction of sp³-hybridized carbons (Fsp3) is 0.850. The normalized spacial score (nSPS) is 44.5. The maximum atomic E-state index is 11.8. The number of rotatable bonds is 4. The summed E-state index contributed by atoms with van der Waals surface area (Å²) in [6.07, 6.45) is 7.20. The van der Waals surface area contributed by atoms with Crippen molar-refractivity contribution in [1.82, 2.24) is 0 Å². The van der Waals surface area contributed by atoms with Gasteiger partial charge in [0.15, 0.2) is 0 Å². The maximum absolute atomic E-state index is 11.8. The second kappa shape index (κ2) is 6.45. The fourth-order valence-corrected chi connectivity index (χ4v) is 6.07. The summed E-state index contributed by atoms with van der Waals surface area (Å²) in [5.41, 5.74) is -0.868. The molecule has 0 aliphatic heterocycles. The average Bonchev–Trinajstić information content (AvgIpc) is 2.64. The van der Waals surface area contributed by atoms with Gasteiger partial charge in [-0.2, -0.15) is 0 Å². The molecule has 2 fully saturated rings. The summed E-state index contributed by atoms with van der Waals surface area (Å²) in [7, 11) is 0. The van der Waals surface area contributed by atoms with Gasteiger partial charge in [-0.25, -0.2) is 0 Å². The average molecular weight is 352 g/mol. The van der Waals surface area contributed by atoms with Crippen LogP contribution in [-0.4, -0.2) is 51.6 Å². The van der Waals surface area contributed by atoms with Gasteiger partial charge in [0, 0.05) is 0 Å². The van der Waals surface area contributed by atoms with E-state index in [4.69, 9.17) is 0 Å². The van der Waals surface area contributed by atoms with Crippen molar-refractivity contribution in [1.29, 1.82) is 0 Å². The van der Waals surface area contributed by atoms with Crippen molar-refractivity contribution in [2.45, 2.75) is 64.1 Å². The zero-order valence-corrected chi connectivity index (χ0v) is 15.3. The monoisotopic (exact) mass is 352 g/mol.